The first-order chi connectivity index (χ1) is 10.2. The van der Waals surface area contributed by atoms with Crippen LogP contribution in [0.4, 0.5) is 5.69 Å². The van der Waals surface area contributed by atoms with Crippen LogP contribution in [0.15, 0.2) is 41.5 Å². The number of hydrogen-bond acceptors (Lipinski definition) is 4. The topological polar surface area (TPSA) is 76.5 Å². The van der Waals surface area contributed by atoms with Crippen molar-refractivity contribution in [3.63, 3.8) is 0 Å². The lowest BCUT2D eigenvalue weighted by Crippen LogP contribution is -1.95. The number of benzene rings is 2. The van der Waals surface area contributed by atoms with Crippen LogP contribution in [0.3, 0.4) is 0 Å². The van der Waals surface area contributed by atoms with Gasteiger partial charge in [-0.2, -0.15) is 0 Å². The molecule has 0 fully saturated rings. The molecule has 2 rings (SSSR count). The Kier molecular flexibility index (Phi) is 4.53. The molecule has 0 aliphatic carbocycles. The van der Waals surface area contributed by atoms with Gasteiger partial charge in [0.2, 0.25) is 5.75 Å². The summed E-state index contributed by atoms with van der Waals surface area (Å²) in [6, 6.07) is 11.0. The molecule has 0 unspecified atom stereocenters. The molecule has 0 aliphatic heterocycles. The van der Waals surface area contributed by atoms with Crippen molar-refractivity contribution in [1.82, 2.24) is 0 Å². The molecule has 2 aromatic rings. The Morgan fingerprint density at radius 1 is 0.905 bits per heavy atom. The van der Waals surface area contributed by atoms with Crippen molar-refractivity contribution in [1.29, 1.82) is 0 Å². The third-order valence-electron chi connectivity index (χ3n) is 3.00. The van der Waals surface area contributed by atoms with Gasteiger partial charge < -0.3 is 14.2 Å². The summed E-state index contributed by atoms with van der Waals surface area (Å²) in [6.07, 6.45) is 0. The number of methoxy groups -OCH3 is 3. The van der Waals surface area contributed by atoms with E-state index in [0.717, 1.165) is 11.1 Å². The molecule has 0 bridgehead atoms. The second-order valence-electron chi connectivity index (χ2n) is 4.15. The van der Waals surface area contributed by atoms with Crippen molar-refractivity contribution in [2.45, 2.75) is 0 Å². The van der Waals surface area contributed by atoms with Crippen molar-refractivity contribution in [3.8, 4) is 28.4 Å². The zero-order valence-electron chi connectivity index (χ0n) is 12.0. The molecule has 0 heterocycles. The summed E-state index contributed by atoms with van der Waals surface area (Å²) < 4.78 is 16.0. The maximum Gasteiger partial charge on any atom is 0.203 e. The molecule has 2 aromatic carbocycles. The highest BCUT2D eigenvalue weighted by Crippen LogP contribution is 2.41. The molecule has 6 nitrogen and oxygen atoms in total. The number of azide groups is 1. The van der Waals surface area contributed by atoms with E-state index in [1.807, 2.05) is 24.3 Å². The Morgan fingerprint density at radius 2 is 1.57 bits per heavy atom. The molecule has 0 amide bonds. The summed E-state index contributed by atoms with van der Waals surface area (Å²) in [4.78, 5) is 2.79. The van der Waals surface area contributed by atoms with E-state index in [0.29, 0.717) is 22.9 Å². The van der Waals surface area contributed by atoms with E-state index in [4.69, 9.17) is 19.7 Å². The largest absolute Gasteiger partial charge is 0.493 e. The summed E-state index contributed by atoms with van der Waals surface area (Å²) in [7, 11) is 4.69. The van der Waals surface area contributed by atoms with E-state index in [1.165, 1.54) is 0 Å². The molecular formula is C15H15N3O3. The molecule has 0 spiro atoms. The van der Waals surface area contributed by atoms with Crippen molar-refractivity contribution >= 4 is 5.69 Å². The lowest BCUT2D eigenvalue weighted by atomic mass is 10.0. The molecule has 6 heteroatoms. The van der Waals surface area contributed by atoms with Crippen molar-refractivity contribution < 1.29 is 14.2 Å². The monoisotopic (exact) mass is 285 g/mol. The quantitative estimate of drug-likeness (QED) is 0.466. The molecule has 108 valence electrons. The minimum atomic E-state index is 0.537. The van der Waals surface area contributed by atoms with Crippen LogP contribution in [0.1, 0.15) is 0 Å². The first kappa shape index (κ1) is 14.6. The van der Waals surface area contributed by atoms with E-state index in [1.54, 1.807) is 33.5 Å². The van der Waals surface area contributed by atoms with Gasteiger partial charge in [-0.05, 0) is 34.9 Å². The fourth-order valence-electron chi connectivity index (χ4n) is 2.05. The number of rotatable bonds is 5. The van der Waals surface area contributed by atoms with Crippen LogP contribution >= 0.6 is 0 Å². The van der Waals surface area contributed by atoms with Gasteiger partial charge in [0, 0.05) is 10.6 Å². The predicted octanol–water partition coefficient (Wildman–Crippen LogP) is 4.32. The number of ether oxygens (including phenoxy) is 3. The maximum atomic E-state index is 8.52. The Balaban J connectivity index is 2.58. The predicted molar refractivity (Wildman–Crippen MR) is 80.3 cm³/mol. The molecule has 0 atom stereocenters. The number of hydrogen-bond donors (Lipinski definition) is 0. The van der Waals surface area contributed by atoms with Gasteiger partial charge in [-0.1, -0.05) is 23.3 Å². The first-order valence-corrected chi connectivity index (χ1v) is 6.19. The molecule has 0 aliphatic rings. The highest BCUT2D eigenvalue weighted by molar-refractivity contribution is 5.73. The van der Waals surface area contributed by atoms with Gasteiger partial charge in [0.05, 0.1) is 21.3 Å². The normalized spacial score (nSPS) is 9.67. The zero-order valence-corrected chi connectivity index (χ0v) is 12.0. The first-order valence-electron chi connectivity index (χ1n) is 6.19. The summed E-state index contributed by atoms with van der Waals surface area (Å²) >= 11 is 0. The average Bonchev–Trinajstić information content (AvgIpc) is 2.54. The Labute approximate surface area is 122 Å². The summed E-state index contributed by atoms with van der Waals surface area (Å²) in [5.41, 5.74) is 10.8. The minimum Gasteiger partial charge on any atom is -0.493 e. The van der Waals surface area contributed by atoms with Crippen LogP contribution in [0.25, 0.3) is 21.6 Å². The van der Waals surface area contributed by atoms with E-state index in [9.17, 15) is 0 Å². The fraction of sp³-hybridized carbons (Fsp3) is 0.200. The lowest BCUT2D eigenvalue weighted by Gasteiger charge is -2.14. The standard InChI is InChI=1S/C15H15N3O3/c1-19-13-8-11(9-14(20-2)15(13)21-3)10-5-4-6-12(7-10)17-18-16/h4-9H,1-3H3. The van der Waals surface area contributed by atoms with E-state index in [2.05, 4.69) is 10.0 Å². The van der Waals surface area contributed by atoms with Crippen LogP contribution < -0.4 is 14.2 Å². The summed E-state index contributed by atoms with van der Waals surface area (Å²) in [5, 5.41) is 3.61. The third-order valence-corrected chi connectivity index (χ3v) is 3.00. The smallest absolute Gasteiger partial charge is 0.203 e. The van der Waals surface area contributed by atoms with Crippen LogP contribution in [-0.2, 0) is 0 Å². The summed E-state index contributed by atoms with van der Waals surface area (Å²) in [5.74, 6) is 1.68. The van der Waals surface area contributed by atoms with E-state index >= 15 is 0 Å². The highest BCUT2D eigenvalue weighted by Gasteiger charge is 2.14. The van der Waals surface area contributed by atoms with Gasteiger partial charge in [-0.15, -0.1) is 0 Å². The molecular weight excluding hydrogens is 270 g/mol. The minimum absolute atomic E-state index is 0.537. The van der Waals surface area contributed by atoms with Gasteiger partial charge >= 0.3 is 0 Å². The Hall–Kier alpha value is -2.85. The SMILES string of the molecule is COc1cc(-c2cccc(N=[N+]=[N-])c2)cc(OC)c1OC. The van der Waals surface area contributed by atoms with Crippen LogP contribution in [-0.4, -0.2) is 21.3 Å². The van der Waals surface area contributed by atoms with Crippen LogP contribution in [0, 0.1) is 0 Å². The van der Waals surface area contributed by atoms with Crippen molar-refractivity contribution in [3.05, 3.63) is 46.8 Å². The Morgan fingerprint density at radius 3 is 2.10 bits per heavy atom. The molecule has 0 radical (unpaired) electrons. The fourth-order valence-corrected chi connectivity index (χ4v) is 2.05. The molecule has 0 N–H and O–H groups in total. The van der Waals surface area contributed by atoms with E-state index in [-0.39, 0.29) is 0 Å². The Bertz CT molecular complexity index is 669. The molecule has 0 saturated carbocycles. The average molecular weight is 285 g/mol. The zero-order chi connectivity index (χ0) is 15.2. The van der Waals surface area contributed by atoms with Crippen molar-refractivity contribution in [2.75, 3.05) is 21.3 Å². The maximum absolute atomic E-state index is 8.52. The van der Waals surface area contributed by atoms with Gasteiger partial charge in [-0.3, -0.25) is 0 Å². The van der Waals surface area contributed by atoms with Crippen LogP contribution in [0.2, 0.25) is 0 Å². The van der Waals surface area contributed by atoms with Gasteiger partial charge in [0.1, 0.15) is 0 Å². The van der Waals surface area contributed by atoms with Crippen molar-refractivity contribution in [2.24, 2.45) is 5.11 Å². The van der Waals surface area contributed by atoms with Gasteiger partial charge in [-0.25, -0.2) is 0 Å². The van der Waals surface area contributed by atoms with Gasteiger partial charge in [0.15, 0.2) is 11.5 Å². The van der Waals surface area contributed by atoms with Gasteiger partial charge in [0.25, 0.3) is 0 Å². The molecule has 0 aromatic heterocycles. The lowest BCUT2D eigenvalue weighted by molar-refractivity contribution is 0.324. The third kappa shape index (κ3) is 3.01. The summed E-state index contributed by atoms with van der Waals surface area (Å²) in [6.45, 7) is 0. The molecule has 21 heavy (non-hydrogen) atoms. The highest BCUT2D eigenvalue weighted by atomic mass is 16.5. The second-order valence-corrected chi connectivity index (χ2v) is 4.15. The second kappa shape index (κ2) is 6.54. The molecule has 0 saturated heterocycles. The van der Waals surface area contributed by atoms with E-state index < -0.39 is 0 Å². The number of nitrogens with zero attached hydrogens (tertiary/aromatic N) is 3. The van der Waals surface area contributed by atoms with Crippen LogP contribution in [0.5, 0.6) is 17.2 Å².